The van der Waals surface area contributed by atoms with Crippen LogP contribution < -0.4 is 5.56 Å². The third-order valence-electron chi connectivity index (χ3n) is 4.50. The summed E-state index contributed by atoms with van der Waals surface area (Å²) >= 11 is 0. The zero-order valence-corrected chi connectivity index (χ0v) is 13.5. The van der Waals surface area contributed by atoms with Gasteiger partial charge in [0.2, 0.25) is 5.89 Å². The van der Waals surface area contributed by atoms with Crippen LogP contribution in [-0.4, -0.2) is 38.1 Å². The van der Waals surface area contributed by atoms with Gasteiger partial charge < -0.3 is 9.51 Å². The van der Waals surface area contributed by atoms with E-state index in [4.69, 9.17) is 4.52 Å². The van der Waals surface area contributed by atoms with Crippen LogP contribution in [0.3, 0.4) is 0 Å². The summed E-state index contributed by atoms with van der Waals surface area (Å²) in [6, 6.07) is 7.60. The van der Waals surface area contributed by atoms with Gasteiger partial charge >= 0.3 is 0 Å². The number of aromatic amines is 1. The molecular formula is C17H19N5O2. The molecule has 0 unspecified atom stereocenters. The summed E-state index contributed by atoms with van der Waals surface area (Å²) in [5.74, 6) is 2.07. The molecule has 1 N–H and O–H groups in total. The maximum atomic E-state index is 12.1. The zero-order valence-electron chi connectivity index (χ0n) is 13.5. The van der Waals surface area contributed by atoms with Crippen molar-refractivity contribution in [3.05, 3.63) is 52.2 Å². The van der Waals surface area contributed by atoms with Crippen LogP contribution in [0, 0.1) is 6.92 Å². The predicted octanol–water partition coefficient (Wildman–Crippen LogP) is 1.99. The van der Waals surface area contributed by atoms with Crippen LogP contribution in [0.5, 0.6) is 0 Å². The van der Waals surface area contributed by atoms with Gasteiger partial charge in [0.25, 0.3) is 5.56 Å². The number of rotatable bonds is 4. The van der Waals surface area contributed by atoms with Crippen LogP contribution in [0.4, 0.5) is 0 Å². The van der Waals surface area contributed by atoms with E-state index < -0.39 is 0 Å². The van der Waals surface area contributed by atoms with E-state index in [0.29, 0.717) is 23.5 Å². The van der Waals surface area contributed by atoms with Gasteiger partial charge in [-0.25, -0.2) is 4.98 Å². The summed E-state index contributed by atoms with van der Waals surface area (Å²) in [6.07, 6.45) is 2.83. The molecule has 0 saturated carbocycles. The Bertz CT molecular complexity index is 916. The molecule has 1 aliphatic rings. The molecule has 0 spiro atoms. The maximum Gasteiger partial charge on any atom is 0.258 e. The highest BCUT2D eigenvalue weighted by Gasteiger charge is 2.29. The number of fused-ring (bicyclic) bond motifs is 1. The first-order valence-electron chi connectivity index (χ1n) is 8.23. The molecule has 24 heavy (non-hydrogen) atoms. The molecule has 7 heteroatoms. The minimum atomic E-state index is -0.0811. The average molecular weight is 325 g/mol. The van der Waals surface area contributed by atoms with Crippen LogP contribution in [0.2, 0.25) is 0 Å². The van der Waals surface area contributed by atoms with Gasteiger partial charge in [-0.2, -0.15) is 4.98 Å². The molecule has 0 aliphatic carbocycles. The van der Waals surface area contributed by atoms with Crippen LogP contribution in [0.15, 0.2) is 33.6 Å². The van der Waals surface area contributed by atoms with Gasteiger partial charge in [-0.05, 0) is 31.5 Å². The van der Waals surface area contributed by atoms with E-state index in [1.54, 1.807) is 13.0 Å². The van der Waals surface area contributed by atoms with E-state index in [-0.39, 0.29) is 11.6 Å². The van der Waals surface area contributed by atoms with Crippen molar-refractivity contribution < 1.29 is 4.52 Å². The first-order valence-corrected chi connectivity index (χ1v) is 8.23. The van der Waals surface area contributed by atoms with Crippen LogP contribution in [-0.2, 0) is 6.42 Å². The van der Waals surface area contributed by atoms with E-state index in [1.165, 1.54) is 0 Å². The number of H-pyrrole nitrogens is 1. The molecule has 1 aliphatic heterocycles. The summed E-state index contributed by atoms with van der Waals surface area (Å²) in [7, 11) is 0. The van der Waals surface area contributed by atoms with Gasteiger partial charge in [-0.15, -0.1) is 0 Å². The molecule has 0 bridgehead atoms. The molecule has 3 heterocycles. The van der Waals surface area contributed by atoms with Gasteiger partial charge in [0.1, 0.15) is 5.82 Å². The quantitative estimate of drug-likeness (QED) is 0.789. The zero-order chi connectivity index (χ0) is 16.5. The lowest BCUT2D eigenvalue weighted by molar-refractivity contribution is 0.244. The summed E-state index contributed by atoms with van der Waals surface area (Å²) in [6.45, 7) is 3.61. The standard InChI is InChI=1S/C17H19N5O2/c1-11-18-16(21-24-11)14-7-4-9-22(14)10-8-15-19-13-6-3-2-5-12(13)17(23)20-15/h2-3,5-6,14H,4,7-10H2,1H3,(H,19,20,23)/t14-/m0/s1. The summed E-state index contributed by atoms with van der Waals surface area (Å²) in [5.41, 5.74) is 0.658. The lowest BCUT2D eigenvalue weighted by Crippen LogP contribution is -2.27. The Kier molecular flexibility index (Phi) is 3.86. The third kappa shape index (κ3) is 2.82. The number of benzene rings is 1. The number of aromatic nitrogens is 4. The first-order chi connectivity index (χ1) is 11.7. The number of aryl methyl sites for hydroxylation is 1. The molecule has 0 radical (unpaired) electrons. The Hall–Kier alpha value is -2.54. The molecule has 3 aromatic rings. The Morgan fingerprint density at radius 1 is 1.33 bits per heavy atom. The molecule has 1 fully saturated rings. The first kappa shape index (κ1) is 15.0. The van der Waals surface area contributed by atoms with E-state index in [9.17, 15) is 4.79 Å². The SMILES string of the molecule is Cc1nc([C@@H]2CCCN2CCc2nc3ccccc3c(=O)[nH]2)no1. The third-order valence-corrected chi connectivity index (χ3v) is 4.50. The minimum absolute atomic E-state index is 0.0811. The van der Waals surface area contributed by atoms with Crippen molar-refractivity contribution in [2.75, 3.05) is 13.1 Å². The van der Waals surface area contributed by atoms with E-state index >= 15 is 0 Å². The Morgan fingerprint density at radius 3 is 3.04 bits per heavy atom. The molecular weight excluding hydrogens is 306 g/mol. The van der Waals surface area contributed by atoms with E-state index in [1.807, 2.05) is 18.2 Å². The van der Waals surface area contributed by atoms with Crippen molar-refractivity contribution in [1.82, 2.24) is 25.0 Å². The summed E-state index contributed by atoms with van der Waals surface area (Å²) in [4.78, 5) is 26.3. The van der Waals surface area contributed by atoms with Crippen molar-refractivity contribution in [1.29, 1.82) is 0 Å². The van der Waals surface area contributed by atoms with Crippen molar-refractivity contribution in [2.45, 2.75) is 32.2 Å². The molecule has 1 atom stereocenters. The monoisotopic (exact) mass is 325 g/mol. The molecule has 0 amide bonds. The highest BCUT2D eigenvalue weighted by molar-refractivity contribution is 5.77. The second-order valence-electron chi connectivity index (χ2n) is 6.15. The Balaban J connectivity index is 1.51. The van der Waals surface area contributed by atoms with Gasteiger partial charge in [0, 0.05) is 19.9 Å². The number of para-hydroxylation sites is 1. The van der Waals surface area contributed by atoms with Crippen LogP contribution in [0.1, 0.15) is 36.4 Å². The van der Waals surface area contributed by atoms with Crippen molar-refractivity contribution in [3.8, 4) is 0 Å². The largest absolute Gasteiger partial charge is 0.340 e. The van der Waals surface area contributed by atoms with Crippen molar-refractivity contribution >= 4 is 10.9 Å². The Morgan fingerprint density at radius 2 is 2.21 bits per heavy atom. The van der Waals surface area contributed by atoms with Crippen molar-refractivity contribution in [3.63, 3.8) is 0 Å². The van der Waals surface area contributed by atoms with Crippen LogP contribution >= 0.6 is 0 Å². The number of hydrogen-bond acceptors (Lipinski definition) is 6. The van der Waals surface area contributed by atoms with Crippen LogP contribution in [0.25, 0.3) is 10.9 Å². The average Bonchev–Trinajstić information content (AvgIpc) is 3.21. The van der Waals surface area contributed by atoms with Gasteiger partial charge in [-0.1, -0.05) is 17.3 Å². The Labute approximate surface area is 138 Å². The number of hydrogen-bond donors (Lipinski definition) is 1. The molecule has 2 aromatic heterocycles. The second-order valence-corrected chi connectivity index (χ2v) is 6.15. The lowest BCUT2D eigenvalue weighted by atomic mass is 10.2. The molecule has 1 saturated heterocycles. The van der Waals surface area contributed by atoms with Gasteiger partial charge in [0.05, 0.1) is 16.9 Å². The molecule has 1 aromatic carbocycles. The number of nitrogens with zero attached hydrogens (tertiary/aromatic N) is 4. The van der Waals surface area contributed by atoms with Gasteiger partial charge in [-0.3, -0.25) is 9.69 Å². The fourth-order valence-corrected chi connectivity index (χ4v) is 3.34. The second kappa shape index (κ2) is 6.16. The summed E-state index contributed by atoms with van der Waals surface area (Å²) < 4.78 is 5.10. The van der Waals surface area contributed by atoms with Gasteiger partial charge in [0.15, 0.2) is 5.82 Å². The maximum absolute atomic E-state index is 12.1. The lowest BCUT2D eigenvalue weighted by Gasteiger charge is -2.21. The fraction of sp³-hybridized carbons (Fsp3) is 0.412. The molecule has 4 rings (SSSR count). The topological polar surface area (TPSA) is 87.9 Å². The smallest absolute Gasteiger partial charge is 0.258 e. The fourth-order valence-electron chi connectivity index (χ4n) is 3.34. The molecule has 124 valence electrons. The number of likely N-dealkylation sites (tertiary alicyclic amines) is 1. The van der Waals surface area contributed by atoms with Crippen molar-refractivity contribution in [2.24, 2.45) is 0 Å². The van der Waals surface area contributed by atoms with E-state index in [2.05, 4.69) is 25.0 Å². The minimum Gasteiger partial charge on any atom is -0.340 e. The normalized spacial score (nSPS) is 18.5. The highest BCUT2D eigenvalue weighted by atomic mass is 16.5. The predicted molar refractivity (Wildman–Crippen MR) is 88.7 cm³/mol. The van der Waals surface area contributed by atoms with E-state index in [0.717, 1.165) is 37.3 Å². The molecule has 7 nitrogen and oxygen atoms in total. The summed E-state index contributed by atoms with van der Waals surface area (Å²) in [5, 5.41) is 4.68. The number of nitrogens with one attached hydrogen (secondary N) is 1. The highest BCUT2D eigenvalue weighted by Crippen LogP contribution is 2.29.